The van der Waals surface area contributed by atoms with Gasteiger partial charge in [0.2, 0.25) is 0 Å². The third kappa shape index (κ3) is 5.30. The van der Waals surface area contributed by atoms with Gasteiger partial charge in [-0.15, -0.1) is 0 Å². The summed E-state index contributed by atoms with van der Waals surface area (Å²) in [5.41, 5.74) is 1.27. The van der Waals surface area contributed by atoms with E-state index in [1.807, 2.05) is 13.8 Å². The Morgan fingerprint density at radius 3 is 2.76 bits per heavy atom. The second kappa shape index (κ2) is 9.46. The molecule has 1 aliphatic heterocycles. The Kier molecular flexibility index (Phi) is 7.20. The number of hydrogen-bond acceptors (Lipinski definition) is 5. The van der Waals surface area contributed by atoms with Crippen LogP contribution in [0.1, 0.15) is 66.2 Å². The third-order valence-corrected chi connectivity index (χ3v) is 6.93. The van der Waals surface area contributed by atoms with Gasteiger partial charge >= 0.3 is 11.9 Å². The number of fused-ring (bicyclic) bond motifs is 1. The number of aliphatic hydroxyl groups is 1. The van der Waals surface area contributed by atoms with Gasteiger partial charge in [0.25, 0.3) is 0 Å². The van der Waals surface area contributed by atoms with Crippen LogP contribution in [0.5, 0.6) is 0 Å². The van der Waals surface area contributed by atoms with Crippen molar-refractivity contribution >= 4 is 11.9 Å². The molecule has 0 aromatic rings. The van der Waals surface area contributed by atoms with Crippen LogP contribution in [-0.2, 0) is 19.1 Å². The van der Waals surface area contributed by atoms with Crippen molar-refractivity contribution < 1.29 is 24.2 Å². The third-order valence-electron chi connectivity index (χ3n) is 6.93. The van der Waals surface area contributed by atoms with Gasteiger partial charge in [0.15, 0.2) is 0 Å². The summed E-state index contributed by atoms with van der Waals surface area (Å²) < 4.78 is 11.5. The molecule has 1 fully saturated rings. The van der Waals surface area contributed by atoms with Gasteiger partial charge in [-0.2, -0.15) is 0 Å². The number of aliphatic hydroxyl groups excluding tert-OH is 1. The molecule has 1 heterocycles. The fourth-order valence-corrected chi connectivity index (χ4v) is 5.07. The summed E-state index contributed by atoms with van der Waals surface area (Å²) in [5.74, 6) is 0.755. The molecule has 5 heteroatoms. The number of carbonyl (C=O) groups excluding carboxylic acids is 2. The van der Waals surface area contributed by atoms with Crippen LogP contribution in [0.15, 0.2) is 23.8 Å². The maximum Gasteiger partial charge on any atom is 0.308 e. The first kappa shape index (κ1) is 22.1. The molecule has 1 N–H and O–H groups in total. The Hall–Kier alpha value is -1.62. The van der Waals surface area contributed by atoms with Crippen molar-refractivity contribution in [3.63, 3.8) is 0 Å². The average Bonchev–Trinajstić information content (AvgIpc) is 2.65. The van der Waals surface area contributed by atoms with Crippen molar-refractivity contribution in [2.75, 3.05) is 0 Å². The average molecular weight is 405 g/mol. The van der Waals surface area contributed by atoms with Crippen molar-refractivity contribution in [1.82, 2.24) is 0 Å². The summed E-state index contributed by atoms with van der Waals surface area (Å²) in [7, 11) is 0. The van der Waals surface area contributed by atoms with Crippen molar-refractivity contribution in [1.29, 1.82) is 0 Å². The van der Waals surface area contributed by atoms with Crippen LogP contribution in [0.4, 0.5) is 0 Å². The second-order valence-corrected chi connectivity index (χ2v) is 9.36. The molecule has 5 nitrogen and oxygen atoms in total. The molecule has 162 valence electrons. The van der Waals surface area contributed by atoms with Gasteiger partial charge in [-0.25, -0.2) is 0 Å². The Morgan fingerprint density at radius 2 is 2.07 bits per heavy atom. The number of ether oxygens (including phenoxy) is 2. The number of allylic oxidation sites excluding steroid dienone is 3. The lowest BCUT2D eigenvalue weighted by atomic mass is 9.65. The summed E-state index contributed by atoms with van der Waals surface area (Å²) in [4.78, 5) is 24.2. The van der Waals surface area contributed by atoms with Gasteiger partial charge in [0, 0.05) is 12.3 Å². The summed E-state index contributed by atoms with van der Waals surface area (Å²) in [5, 5.41) is 9.89. The molecule has 1 saturated heterocycles. The van der Waals surface area contributed by atoms with E-state index in [1.165, 1.54) is 5.57 Å². The maximum atomic E-state index is 12.5. The Balaban J connectivity index is 1.74. The molecule has 29 heavy (non-hydrogen) atoms. The molecule has 0 aromatic heterocycles. The predicted octanol–water partition coefficient (Wildman–Crippen LogP) is 4.20. The molecule has 3 unspecified atom stereocenters. The quantitative estimate of drug-likeness (QED) is 0.672. The minimum absolute atomic E-state index is 0.0854. The number of hydrogen-bond donors (Lipinski definition) is 1. The molecule has 0 amide bonds. The van der Waals surface area contributed by atoms with E-state index in [9.17, 15) is 14.7 Å². The van der Waals surface area contributed by atoms with Crippen LogP contribution >= 0.6 is 0 Å². The summed E-state index contributed by atoms with van der Waals surface area (Å²) >= 11 is 0. The van der Waals surface area contributed by atoms with Gasteiger partial charge in [0.05, 0.1) is 18.4 Å². The first-order valence-electron chi connectivity index (χ1n) is 11.3. The zero-order valence-corrected chi connectivity index (χ0v) is 18.2. The van der Waals surface area contributed by atoms with Crippen molar-refractivity contribution in [2.45, 2.75) is 84.5 Å². The molecule has 0 saturated carbocycles. The normalized spacial score (nSPS) is 37.9. The van der Waals surface area contributed by atoms with Crippen LogP contribution in [0, 0.1) is 29.6 Å². The lowest BCUT2D eigenvalue weighted by molar-refractivity contribution is -0.162. The first-order valence-corrected chi connectivity index (χ1v) is 11.3. The number of rotatable bonds is 6. The monoisotopic (exact) mass is 404 g/mol. The molecule has 3 rings (SSSR count). The van der Waals surface area contributed by atoms with Gasteiger partial charge in [-0.05, 0) is 49.0 Å². The lowest BCUT2D eigenvalue weighted by Crippen LogP contribution is -2.42. The standard InChI is InChI=1S/C24H36O5/c1-5-15(3)24(27)29-21-11-14(2)10-17-7-6-16(4)20(23(17)21)9-8-19-12-18(25)13-22(26)28-19/h6-7,10,14-16,18-21,23,25H,5,8-9,11-13H2,1-4H3/t14-,15?,16-,18+,19+,20-,21?,23?/m0/s1. The Labute approximate surface area is 174 Å². The zero-order chi connectivity index (χ0) is 21.1. The van der Waals surface area contributed by atoms with Crippen LogP contribution in [0.3, 0.4) is 0 Å². The van der Waals surface area contributed by atoms with Crippen molar-refractivity contribution in [2.24, 2.45) is 29.6 Å². The summed E-state index contributed by atoms with van der Waals surface area (Å²) in [6.45, 7) is 8.33. The van der Waals surface area contributed by atoms with E-state index < -0.39 is 6.10 Å². The zero-order valence-electron chi connectivity index (χ0n) is 18.2. The summed E-state index contributed by atoms with van der Waals surface area (Å²) in [6, 6.07) is 0. The number of carbonyl (C=O) groups is 2. The Bertz CT molecular complexity index is 666. The molecular formula is C24H36O5. The highest BCUT2D eigenvalue weighted by atomic mass is 16.5. The van der Waals surface area contributed by atoms with Crippen LogP contribution in [-0.4, -0.2) is 35.4 Å². The molecule has 0 bridgehead atoms. The minimum atomic E-state index is -0.597. The predicted molar refractivity (Wildman–Crippen MR) is 111 cm³/mol. The molecule has 8 atom stereocenters. The van der Waals surface area contributed by atoms with Gasteiger partial charge in [-0.3, -0.25) is 9.59 Å². The number of cyclic esters (lactones) is 1. The molecule has 0 aromatic carbocycles. The smallest absolute Gasteiger partial charge is 0.308 e. The lowest BCUT2D eigenvalue weighted by Gasteiger charge is -2.43. The molecule has 2 aliphatic carbocycles. The number of esters is 2. The van der Waals surface area contributed by atoms with E-state index >= 15 is 0 Å². The topological polar surface area (TPSA) is 72.8 Å². The Morgan fingerprint density at radius 1 is 1.31 bits per heavy atom. The van der Waals surface area contributed by atoms with Crippen molar-refractivity contribution in [3.05, 3.63) is 23.8 Å². The van der Waals surface area contributed by atoms with Crippen LogP contribution < -0.4 is 0 Å². The highest BCUT2D eigenvalue weighted by Crippen LogP contribution is 2.45. The van der Waals surface area contributed by atoms with E-state index in [4.69, 9.17) is 9.47 Å². The highest BCUT2D eigenvalue weighted by Gasteiger charge is 2.42. The largest absolute Gasteiger partial charge is 0.462 e. The molecule has 3 aliphatic rings. The van der Waals surface area contributed by atoms with Gasteiger partial charge < -0.3 is 14.6 Å². The summed E-state index contributed by atoms with van der Waals surface area (Å²) in [6.07, 6.45) is 9.70. The molecule has 0 radical (unpaired) electrons. The fraction of sp³-hybridized carbons (Fsp3) is 0.750. The maximum absolute atomic E-state index is 12.5. The molecular weight excluding hydrogens is 368 g/mol. The van der Waals surface area contributed by atoms with E-state index in [1.54, 1.807) is 0 Å². The van der Waals surface area contributed by atoms with Crippen molar-refractivity contribution in [3.8, 4) is 0 Å². The van der Waals surface area contributed by atoms with E-state index in [2.05, 4.69) is 32.1 Å². The fourth-order valence-electron chi connectivity index (χ4n) is 5.07. The van der Waals surface area contributed by atoms with Crippen LogP contribution in [0.25, 0.3) is 0 Å². The SMILES string of the molecule is CCC(C)C(=O)OC1C[C@@H](C)C=C2C=C[C@H](C)[C@H](CC[C@@H]3C[C@@H](O)CC(=O)O3)C21. The highest BCUT2D eigenvalue weighted by molar-refractivity contribution is 5.72. The minimum Gasteiger partial charge on any atom is -0.462 e. The van der Waals surface area contributed by atoms with Gasteiger partial charge in [-0.1, -0.05) is 45.9 Å². The molecule has 0 spiro atoms. The van der Waals surface area contributed by atoms with E-state index in [-0.39, 0.29) is 42.4 Å². The van der Waals surface area contributed by atoms with E-state index in [0.29, 0.717) is 24.2 Å². The second-order valence-electron chi connectivity index (χ2n) is 9.36. The first-order chi connectivity index (χ1) is 13.8. The van der Waals surface area contributed by atoms with Gasteiger partial charge in [0.1, 0.15) is 12.2 Å². The van der Waals surface area contributed by atoms with E-state index in [0.717, 1.165) is 25.7 Å². The van der Waals surface area contributed by atoms with Crippen LogP contribution in [0.2, 0.25) is 0 Å².